The summed E-state index contributed by atoms with van der Waals surface area (Å²) in [5.74, 6) is 1.35. The zero-order chi connectivity index (χ0) is 13.0. The van der Waals surface area contributed by atoms with Gasteiger partial charge in [-0.15, -0.1) is 0 Å². The smallest absolute Gasteiger partial charge is 0.158 e. The molecule has 1 aromatic rings. The molecule has 0 radical (unpaired) electrons. The third-order valence-electron chi connectivity index (χ3n) is 3.13. The summed E-state index contributed by atoms with van der Waals surface area (Å²) in [7, 11) is 1.60. The number of rotatable bonds is 4. The van der Waals surface area contributed by atoms with Crippen molar-refractivity contribution >= 4 is 17.4 Å². The van der Waals surface area contributed by atoms with E-state index in [4.69, 9.17) is 16.3 Å². The van der Waals surface area contributed by atoms with E-state index in [1.807, 2.05) is 0 Å². The average Bonchev–Trinajstić information content (AvgIpc) is 2.38. The molecule has 0 aromatic carbocycles. The van der Waals surface area contributed by atoms with Crippen LogP contribution in [0.25, 0.3) is 0 Å². The Balaban J connectivity index is 2.24. The highest BCUT2D eigenvalue weighted by Gasteiger charge is 2.23. The minimum absolute atomic E-state index is 0.125. The van der Waals surface area contributed by atoms with Crippen LogP contribution in [0.4, 0.5) is 5.82 Å². The topological polar surface area (TPSA) is 58.5 Å². The summed E-state index contributed by atoms with van der Waals surface area (Å²) in [5, 5.41) is 9.83. The van der Waals surface area contributed by atoms with E-state index >= 15 is 0 Å². The number of anilines is 1. The van der Waals surface area contributed by atoms with Crippen LogP contribution in [-0.4, -0.2) is 41.4 Å². The lowest BCUT2D eigenvalue weighted by atomic mass is 10.0. The first-order chi connectivity index (χ1) is 8.74. The Hall–Kier alpha value is -0.910. The minimum Gasteiger partial charge on any atom is -0.394 e. The second-order valence-electron chi connectivity index (χ2n) is 4.42. The normalized spacial score (nSPS) is 20.2. The first-order valence-electron chi connectivity index (χ1n) is 6.14. The number of ether oxygens (including phenoxy) is 1. The maximum atomic E-state index is 9.42. The van der Waals surface area contributed by atoms with Crippen LogP contribution in [0.3, 0.4) is 0 Å². The molecule has 6 heteroatoms. The second-order valence-corrected chi connectivity index (χ2v) is 4.81. The molecular formula is C12H18ClN3O2. The monoisotopic (exact) mass is 271 g/mol. The number of aromatic nitrogens is 2. The summed E-state index contributed by atoms with van der Waals surface area (Å²) in [6, 6.07) is 1.87. The summed E-state index contributed by atoms with van der Waals surface area (Å²) >= 11 is 6.00. The third-order valence-corrected chi connectivity index (χ3v) is 3.33. The molecule has 1 unspecified atom stereocenters. The van der Waals surface area contributed by atoms with Gasteiger partial charge in [-0.25, -0.2) is 9.97 Å². The van der Waals surface area contributed by atoms with Gasteiger partial charge < -0.3 is 14.7 Å². The predicted octanol–water partition coefficient (Wildman–Crippen LogP) is 1.63. The van der Waals surface area contributed by atoms with E-state index in [-0.39, 0.29) is 12.6 Å². The van der Waals surface area contributed by atoms with Gasteiger partial charge in [-0.05, 0) is 19.3 Å². The first-order valence-corrected chi connectivity index (χ1v) is 6.52. The standard InChI is InChI=1S/C12H18ClN3O2/c1-18-8-11-14-10(13)6-12(15-11)16-5-3-2-4-9(16)7-17/h6,9,17H,2-5,7-8H2,1H3. The number of hydrogen-bond donors (Lipinski definition) is 1. The number of hydrogen-bond acceptors (Lipinski definition) is 5. The summed E-state index contributed by atoms with van der Waals surface area (Å²) in [6.45, 7) is 1.37. The number of aliphatic hydroxyl groups excluding tert-OH is 1. The second kappa shape index (κ2) is 6.31. The zero-order valence-corrected chi connectivity index (χ0v) is 11.2. The molecule has 0 spiro atoms. The predicted molar refractivity (Wildman–Crippen MR) is 69.8 cm³/mol. The van der Waals surface area contributed by atoms with Gasteiger partial charge in [-0.3, -0.25) is 0 Å². The van der Waals surface area contributed by atoms with Crippen molar-refractivity contribution in [2.45, 2.75) is 31.9 Å². The van der Waals surface area contributed by atoms with Crippen molar-refractivity contribution in [3.05, 3.63) is 17.0 Å². The Morgan fingerprint density at radius 2 is 2.33 bits per heavy atom. The van der Waals surface area contributed by atoms with Gasteiger partial charge in [-0.1, -0.05) is 11.6 Å². The Morgan fingerprint density at radius 3 is 3.06 bits per heavy atom. The van der Waals surface area contributed by atoms with Crippen LogP contribution in [0.1, 0.15) is 25.1 Å². The number of methoxy groups -OCH3 is 1. The Bertz CT molecular complexity index is 403. The zero-order valence-electron chi connectivity index (χ0n) is 10.5. The molecule has 1 aliphatic heterocycles. The molecule has 0 amide bonds. The van der Waals surface area contributed by atoms with E-state index in [0.717, 1.165) is 31.6 Å². The fraction of sp³-hybridized carbons (Fsp3) is 0.667. The highest BCUT2D eigenvalue weighted by Crippen LogP contribution is 2.24. The summed E-state index contributed by atoms with van der Waals surface area (Å²) < 4.78 is 5.03. The van der Waals surface area contributed by atoms with Gasteiger partial charge in [0, 0.05) is 19.7 Å². The number of piperidine rings is 1. The van der Waals surface area contributed by atoms with Crippen LogP contribution in [0.15, 0.2) is 6.07 Å². The van der Waals surface area contributed by atoms with E-state index < -0.39 is 0 Å². The maximum absolute atomic E-state index is 9.42. The van der Waals surface area contributed by atoms with Gasteiger partial charge in [0.15, 0.2) is 5.82 Å². The van der Waals surface area contributed by atoms with Crippen molar-refractivity contribution in [2.24, 2.45) is 0 Å². The largest absolute Gasteiger partial charge is 0.394 e. The fourth-order valence-corrected chi connectivity index (χ4v) is 2.48. The molecule has 1 aromatic heterocycles. The van der Waals surface area contributed by atoms with Crippen LogP contribution in [0.5, 0.6) is 0 Å². The van der Waals surface area contributed by atoms with Crippen molar-refractivity contribution in [3.63, 3.8) is 0 Å². The van der Waals surface area contributed by atoms with Gasteiger partial charge in [0.25, 0.3) is 0 Å². The molecule has 0 bridgehead atoms. The molecule has 2 heterocycles. The van der Waals surface area contributed by atoms with Crippen molar-refractivity contribution in [2.75, 3.05) is 25.2 Å². The summed E-state index contributed by atoms with van der Waals surface area (Å²) in [6.07, 6.45) is 3.24. The van der Waals surface area contributed by atoms with Gasteiger partial charge in [0.05, 0.1) is 12.6 Å². The van der Waals surface area contributed by atoms with Crippen molar-refractivity contribution in [3.8, 4) is 0 Å². The lowest BCUT2D eigenvalue weighted by molar-refractivity contribution is 0.177. The van der Waals surface area contributed by atoms with Crippen molar-refractivity contribution < 1.29 is 9.84 Å². The van der Waals surface area contributed by atoms with E-state index in [9.17, 15) is 5.11 Å². The van der Waals surface area contributed by atoms with E-state index in [1.165, 1.54) is 0 Å². The van der Waals surface area contributed by atoms with Gasteiger partial charge >= 0.3 is 0 Å². The molecule has 2 rings (SSSR count). The molecular weight excluding hydrogens is 254 g/mol. The first kappa shape index (κ1) is 13.5. The van der Waals surface area contributed by atoms with Crippen LogP contribution in [0.2, 0.25) is 5.15 Å². The highest BCUT2D eigenvalue weighted by atomic mass is 35.5. The Kier molecular flexibility index (Phi) is 4.74. The van der Waals surface area contributed by atoms with Crippen LogP contribution in [0, 0.1) is 0 Å². The van der Waals surface area contributed by atoms with Gasteiger partial charge in [0.2, 0.25) is 0 Å². The molecule has 0 aliphatic carbocycles. The lowest BCUT2D eigenvalue weighted by Crippen LogP contribution is -2.42. The molecule has 1 fully saturated rings. The molecule has 5 nitrogen and oxygen atoms in total. The van der Waals surface area contributed by atoms with Crippen molar-refractivity contribution in [1.82, 2.24) is 9.97 Å². The summed E-state index contributed by atoms with van der Waals surface area (Å²) in [4.78, 5) is 10.7. The van der Waals surface area contributed by atoms with E-state index in [1.54, 1.807) is 13.2 Å². The lowest BCUT2D eigenvalue weighted by Gasteiger charge is -2.35. The highest BCUT2D eigenvalue weighted by molar-refractivity contribution is 6.29. The molecule has 18 heavy (non-hydrogen) atoms. The molecule has 100 valence electrons. The molecule has 1 N–H and O–H groups in total. The minimum atomic E-state index is 0.125. The number of aliphatic hydroxyl groups is 1. The Labute approximate surface area is 112 Å². The van der Waals surface area contributed by atoms with Crippen LogP contribution < -0.4 is 4.90 Å². The van der Waals surface area contributed by atoms with E-state index in [2.05, 4.69) is 14.9 Å². The number of nitrogens with zero attached hydrogens (tertiary/aromatic N) is 3. The van der Waals surface area contributed by atoms with Crippen LogP contribution in [-0.2, 0) is 11.3 Å². The molecule has 0 saturated carbocycles. The van der Waals surface area contributed by atoms with Crippen LogP contribution >= 0.6 is 11.6 Å². The fourth-order valence-electron chi connectivity index (χ4n) is 2.28. The SMILES string of the molecule is COCc1nc(Cl)cc(N2CCCCC2CO)n1. The Morgan fingerprint density at radius 1 is 1.50 bits per heavy atom. The number of halogens is 1. The van der Waals surface area contributed by atoms with E-state index in [0.29, 0.717) is 17.6 Å². The molecule has 1 saturated heterocycles. The van der Waals surface area contributed by atoms with Gasteiger partial charge in [-0.2, -0.15) is 0 Å². The quantitative estimate of drug-likeness (QED) is 0.844. The maximum Gasteiger partial charge on any atom is 0.158 e. The third kappa shape index (κ3) is 3.10. The average molecular weight is 272 g/mol. The molecule has 1 atom stereocenters. The molecule has 1 aliphatic rings. The van der Waals surface area contributed by atoms with Gasteiger partial charge in [0.1, 0.15) is 17.6 Å². The van der Waals surface area contributed by atoms with Crippen molar-refractivity contribution in [1.29, 1.82) is 0 Å². The summed E-state index contributed by atoms with van der Waals surface area (Å²) in [5.41, 5.74) is 0.